The van der Waals surface area contributed by atoms with E-state index in [4.69, 9.17) is 10.5 Å². The van der Waals surface area contributed by atoms with E-state index in [1.807, 2.05) is 18.2 Å². The smallest absolute Gasteiger partial charge is 0.259 e. The first-order valence-corrected chi connectivity index (χ1v) is 7.77. The summed E-state index contributed by atoms with van der Waals surface area (Å²) in [6.07, 6.45) is 1.13. The van der Waals surface area contributed by atoms with Crippen molar-refractivity contribution in [3.05, 3.63) is 29.8 Å². The quantitative estimate of drug-likeness (QED) is 0.861. The summed E-state index contributed by atoms with van der Waals surface area (Å²) in [5.74, 6) is 0.755. The molecule has 0 aromatic heterocycles. The number of nitrogens with zero attached hydrogens (tertiary/aromatic N) is 2. The average Bonchev–Trinajstić information content (AvgIpc) is 2.88. The molecule has 1 fully saturated rings. The number of rotatable bonds is 6. The Morgan fingerprint density at radius 2 is 2.14 bits per heavy atom. The van der Waals surface area contributed by atoms with Crippen LogP contribution in [-0.2, 0) is 11.3 Å². The number of carbonyl (C=O) groups excluding carboxylic acids is 1. The van der Waals surface area contributed by atoms with Crippen LogP contribution in [0.15, 0.2) is 24.3 Å². The molecule has 1 aromatic rings. The van der Waals surface area contributed by atoms with Crippen molar-refractivity contribution in [1.82, 2.24) is 9.80 Å². The molecule has 5 nitrogen and oxygen atoms in total. The summed E-state index contributed by atoms with van der Waals surface area (Å²) in [7, 11) is 3.46. The summed E-state index contributed by atoms with van der Waals surface area (Å²) >= 11 is 0. The van der Waals surface area contributed by atoms with Crippen LogP contribution in [0.5, 0.6) is 5.75 Å². The molecular weight excluding hydrogens is 278 g/mol. The van der Waals surface area contributed by atoms with Crippen molar-refractivity contribution in [3.63, 3.8) is 0 Å². The van der Waals surface area contributed by atoms with Gasteiger partial charge in [-0.3, -0.25) is 9.69 Å². The monoisotopic (exact) mass is 305 g/mol. The zero-order valence-electron chi connectivity index (χ0n) is 13.8. The van der Waals surface area contributed by atoms with E-state index < -0.39 is 0 Å². The van der Waals surface area contributed by atoms with Crippen LogP contribution in [0.3, 0.4) is 0 Å². The second kappa shape index (κ2) is 7.11. The Balaban J connectivity index is 1.98. The van der Waals surface area contributed by atoms with Crippen LogP contribution in [0.4, 0.5) is 0 Å². The van der Waals surface area contributed by atoms with E-state index in [9.17, 15) is 4.79 Å². The molecule has 1 saturated heterocycles. The van der Waals surface area contributed by atoms with Gasteiger partial charge in [0.1, 0.15) is 5.75 Å². The maximum absolute atomic E-state index is 11.7. The van der Waals surface area contributed by atoms with E-state index >= 15 is 0 Å². The molecule has 1 aliphatic heterocycles. The first-order chi connectivity index (χ1) is 10.4. The van der Waals surface area contributed by atoms with Gasteiger partial charge in [-0.25, -0.2) is 0 Å². The number of hydrogen-bond acceptors (Lipinski definition) is 4. The lowest BCUT2D eigenvalue weighted by atomic mass is 9.90. The number of carbonyl (C=O) groups is 1. The second-order valence-corrected chi connectivity index (χ2v) is 6.66. The third kappa shape index (κ3) is 4.21. The number of nitrogens with two attached hydrogens (primary N) is 1. The van der Waals surface area contributed by atoms with Gasteiger partial charge < -0.3 is 15.4 Å². The molecule has 2 rings (SSSR count). The fourth-order valence-electron chi connectivity index (χ4n) is 2.71. The number of ether oxygens (including phenoxy) is 1. The molecule has 0 radical (unpaired) electrons. The van der Waals surface area contributed by atoms with Gasteiger partial charge in [-0.2, -0.15) is 0 Å². The molecule has 0 bridgehead atoms. The molecule has 1 amide bonds. The lowest BCUT2D eigenvalue weighted by Crippen LogP contribution is -2.31. The predicted octanol–water partition coefficient (Wildman–Crippen LogP) is 1.32. The van der Waals surface area contributed by atoms with Crippen LogP contribution < -0.4 is 10.5 Å². The number of likely N-dealkylation sites (N-methyl/N-ethyl adjacent to an activating group) is 1. The normalized spacial score (nSPS) is 21.8. The highest BCUT2D eigenvalue weighted by molar-refractivity contribution is 5.77. The molecule has 5 heteroatoms. The number of para-hydroxylation sites is 1. The van der Waals surface area contributed by atoms with Gasteiger partial charge in [-0.1, -0.05) is 25.1 Å². The molecule has 1 heterocycles. The number of benzene rings is 1. The zero-order valence-corrected chi connectivity index (χ0v) is 13.8. The highest BCUT2D eigenvalue weighted by atomic mass is 16.5. The number of amides is 1. The fourth-order valence-corrected chi connectivity index (χ4v) is 2.71. The van der Waals surface area contributed by atoms with Gasteiger partial charge in [0.25, 0.3) is 5.91 Å². The molecule has 1 aliphatic rings. The summed E-state index contributed by atoms with van der Waals surface area (Å²) in [6, 6.07) is 7.94. The van der Waals surface area contributed by atoms with Gasteiger partial charge in [-0.15, -0.1) is 0 Å². The van der Waals surface area contributed by atoms with E-state index in [0.717, 1.165) is 43.9 Å². The number of likely N-dealkylation sites (tertiary alicyclic amines) is 1. The molecule has 0 spiro atoms. The molecular formula is C17H27N3O2. The maximum atomic E-state index is 11.7. The Kier molecular flexibility index (Phi) is 5.42. The van der Waals surface area contributed by atoms with Crippen LogP contribution in [0, 0.1) is 5.41 Å². The topological polar surface area (TPSA) is 58.8 Å². The van der Waals surface area contributed by atoms with Crippen molar-refractivity contribution in [2.24, 2.45) is 11.1 Å². The maximum Gasteiger partial charge on any atom is 0.259 e. The Morgan fingerprint density at radius 1 is 1.41 bits per heavy atom. The lowest BCUT2D eigenvalue weighted by Gasteiger charge is -2.23. The molecule has 1 aromatic carbocycles. The molecule has 2 N–H and O–H groups in total. The van der Waals surface area contributed by atoms with Crippen LogP contribution in [-0.4, -0.2) is 56.0 Å². The molecule has 1 atom stereocenters. The van der Waals surface area contributed by atoms with E-state index in [1.165, 1.54) is 4.90 Å². The fraction of sp³-hybridized carbons (Fsp3) is 0.588. The Morgan fingerprint density at radius 3 is 2.77 bits per heavy atom. The Bertz CT molecular complexity index is 518. The largest absolute Gasteiger partial charge is 0.483 e. The first kappa shape index (κ1) is 16.8. The van der Waals surface area contributed by atoms with E-state index in [1.54, 1.807) is 14.1 Å². The van der Waals surface area contributed by atoms with Gasteiger partial charge >= 0.3 is 0 Å². The summed E-state index contributed by atoms with van der Waals surface area (Å²) < 4.78 is 5.71. The van der Waals surface area contributed by atoms with E-state index in [2.05, 4.69) is 17.9 Å². The van der Waals surface area contributed by atoms with Crippen LogP contribution >= 0.6 is 0 Å². The number of hydrogen-bond donors (Lipinski definition) is 1. The molecule has 1 unspecified atom stereocenters. The lowest BCUT2D eigenvalue weighted by molar-refractivity contribution is -0.130. The molecule has 0 aliphatic carbocycles. The van der Waals surface area contributed by atoms with Crippen molar-refractivity contribution in [2.45, 2.75) is 19.9 Å². The molecule has 122 valence electrons. The van der Waals surface area contributed by atoms with Crippen LogP contribution in [0.2, 0.25) is 0 Å². The summed E-state index contributed by atoms with van der Waals surface area (Å²) in [5.41, 5.74) is 7.21. The van der Waals surface area contributed by atoms with Crippen molar-refractivity contribution in [2.75, 3.05) is 40.3 Å². The van der Waals surface area contributed by atoms with Gasteiger partial charge in [0.05, 0.1) is 0 Å². The van der Waals surface area contributed by atoms with Gasteiger partial charge in [0.2, 0.25) is 0 Å². The van der Waals surface area contributed by atoms with Crippen molar-refractivity contribution in [3.8, 4) is 5.75 Å². The van der Waals surface area contributed by atoms with E-state index in [-0.39, 0.29) is 17.9 Å². The second-order valence-electron chi connectivity index (χ2n) is 6.66. The summed E-state index contributed by atoms with van der Waals surface area (Å²) in [6.45, 7) is 5.93. The third-order valence-electron chi connectivity index (χ3n) is 4.35. The minimum Gasteiger partial charge on any atom is -0.483 e. The zero-order chi connectivity index (χ0) is 16.2. The first-order valence-electron chi connectivity index (χ1n) is 7.77. The average molecular weight is 305 g/mol. The van der Waals surface area contributed by atoms with Gasteiger partial charge in [0.15, 0.2) is 6.61 Å². The van der Waals surface area contributed by atoms with Crippen molar-refractivity contribution < 1.29 is 9.53 Å². The molecule has 0 saturated carbocycles. The Hall–Kier alpha value is -1.59. The predicted molar refractivity (Wildman–Crippen MR) is 87.7 cm³/mol. The SMILES string of the molecule is CN(C)C(=O)COc1ccccc1CN1CCC(C)(CN)C1. The highest BCUT2D eigenvalue weighted by Crippen LogP contribution is 2.31. The van der Waals surface area contributed by atoms with Crippen molar-refractivity contribution >= 4 is 5.91 Å². The Labute approximate surface area is 133 Å². The van der Waals surface area contributed by atoms with E-state index in [0.29, 0.717) is 0 Å². The highest BCUT2D eigenvalue weighted by Gasteiger charge is 2.32. The van der Waals surface area contributed by atoms with Crippen molar-refractivity contribution in [1.29, 1.82) is 0 Å². The van der Waals surface area contributed by atoms with Crippen LogP contribution in [0.25, 0.3) is 0 Å². The minimum atomic E-state index is -0.0355. The third-order valence-corrected chi connectivity index (χ3v) is 4.35. The van der Waals surface area contributed by atoms with Crippen LogP contribution in [0.1, 0.15) is 18.9 Å². The van der Waals surface area contributed by atoms with Gasteiger partial charge in [0, 0.05) is 32.7 Å². The summed E-state index contributed by atoms with van der Waals surface area (Å²) in [4.78, 5) is 15.6. The van der Waals surface area contributed by atoms with Gasteiger partial charge in [-0.05, 0) is 31.0 Å². The standard InChI is InChI=1S/C17H27N3O2/c1-17(12-18)8-9-20(13-17)10-14-6-4-5-7-15(14)22-11-16(21)19(2)3/h4-7H,8-13,18H2,1-3H3. The minimum absolute atomic E-state index is 0.0355. The summed E-state index contributed by atoms with van der Waals surface area (Å²) in [5, 5.41) is 0. The molecule has 22 heavy (non-hydrogen) atoms.